The lowest BCUT2D eigenvalue weighted by molar-refractivity contribution is -0.112. The van der Waals surface area contributed by atoms with Crippen molar-refractivity contribution in [1.29, 1.82) is 0 Å². The molecule has 1 aliphatic rings. The van der Waals surface area contributed by atoms with Gasteiger partial charge in [0, 0.05) is 24.4 Å². The molecule has 3 nitrogen and oxygen atoms in total. The number of rotatable bonds is 2. The zero-order valence-corrected chi connectivity index (χ0v) is 10.6. The Bertz CT molecular complexity index is 483. The maximum atomic E-state index is 12.0. The molecule has 0 radical (unpaired) electrons. The van der Waals surface area contributed by atoms with E-state index in [2.05, 4.69) is 16.7 Å². The van der Waals surface area contributed by atoms with Crippen LogP contribution < -0.4 is 10.6 Å². The van der Waals surface area contributed by atoms with Gasteiger partial charge in [0.15, 0.2) is 0 Å². The molecular formula is C14H18N2O. The number of nitrogens with one attached hydrogen (secondary N) is 2. The fraction of sp³-hybridized carbons (Fsp3) is 0.357. The Morgan fingerprint density at radius 3 is 2.53 bits per heavy atom. The Hall–Kier alpha value is -1.61. The first-order valence-corrected chi connectivity index (χ1v) is 5.86. The van der Waals surface area contributed by atoms with Crippen molar-refractivity contribution in [2.75, 3.05) is 18.4 Å². The molecular weight excluding hydrogens is 212 g/mol. The van der Waals surface area contributed by atoms with Gasteiger partial charge in [-0.3, -0.25) is 4.79 Å². The van der Waals surface area contributed by atoms with Gasteiger partial charge < -0.3 is 10.6 Å². The zero-order valence-electron chi connectivity index (χ0n) is 10.6. The lowest BCUT2D eigenvalue weighted by Gasteiger charge is -2.21. The van der Waals surface area contributed by atoms with Crippen molar-refractivity contribution in [1.82, 2.24) is 5.32 Å². The molecule has 0 atom stereocenters. The Labute approximate surface area is 102 Å². The van der Waals surface area contributed by atoms with Crippen molar-refractivity contribution in [2.45, 2.75) is 20.8 Å². The lowest BCUT2D eigenvalue weighted by atomic mass is 10.0. The van der Waals surface area contributed by atoms with Gasteiger partial charge in [0.2, 0.25) is 0 Å². The van der Waals surface area contributed by atoms with E-state index in [4.69, 9.17) is 0 Å². The van der Waals surface area contributed by atoms with Crippen LogP contribution in [-0.4, -0.2) is 19.0 Å². The molecule has 0 bridgehead atoms. The topological polar surface area (TPSA) is 41.1 Å². The number of hydrogen-bond acceptors (Lipinski definition) is 2. The van der Waals surface area contributed by atoms with Gasteiger partial charge in [0.25, 0.3) is 5.91 Å². The number of hydrogen-bond donors (Lipinski definition) is 2. The first kappa shape index (κ1) is 11.9. The minimum absolute atomic E-state index is 0.00783. The monoisotopic (exact) mass is 230 g/mol. The largest absolute Gasteiger partial charge is 0.322 e. The third-order valence-electron chi connectivity index (χ3n) is 3.18. The van der Waals surface area contributed by atoms with Gasteiger partial charge in [0.1, 0.15) is 0 Å². The molecule has 0 aromatic heterocycles. The Balaban J connectivity index is 2.13. The molecule has 2 N–H and O–H groups in total. The summed E-state index contributed by atoms with van der Waals surface area (Å²) in [5, 5.41) is 6.10. The molecule has 1 saturated heterocycles. The molecule has 1 aromatic rings. The van der Waals surface area contributed by atoms with E-state index in [9.17, 15) is 4.79 Å². The third kappa shape index (κ3) is 2.56. The van der Waals surface area contributed by atoms with Crippen LogP contribution in [0.2, 0.25) is 0 Å². The van der Waals surface area contributed by atoms with Crippen LogP contribution in [0.15, 0.2) is 29.3 Å². The van der Waals surface area contributed by atoms with E-state index in [1.165, 1.54) is 11.1 Å². The van der Waals surface area contributed by atoms with Crippen molar-refractivity contribution in [2.24, 2.45) is 0 Å². The number of carbonyl (C=O) groups excluding carboxylic acids is 1. The zero-order chi connectivity index (χ0) is 12.4. The molecule has 0 unspecified atom stereocenters. The van der Waals surface area contributed by atoms with Crippen molar-refractivity contribution in [3.05, 3.63) is 40.5 Å². The number of benzene rings is 1. The molecule has 17 heavy (non-hydrogen) atoms. The quantitative estimate of drug-likeness (QED) is 0.764. The molecule has 1 aliphatic heterocycles. The molecule has 1 amide bonds. The number of anilines is 1. The second-order valence-electron chi connectivity index (χ2n) is 4.60. The van der Waals surface area contributed by atoms with Gasteiger partial charge in [0.05, 0.1) is 0 Å². The minimum Gasteiger partial charge on any atom is -0.322 e. The summed E-state index contributed by atoms with van der Waals surface area (Å²) in [6.45, 7) is 7.62. The van der Waals surface area contributed by atoms with Gasteiger partial charge in [-0.25, -0.2) is 0 Å². The van der Waals surface area contributed by atoms with Crippen LogP contribution in [0.1, 0.15) is 18.1 Å². The van der Waals surface area contributed by atoms with Crippen LogP contribution in [0.5, 0.6) is 0 Å². The molecule has 1 fully saturated rings. The Kier molecular flexibility index (Phi) is 3.29. The van der Waals surface area contributed by atoms with Crippen LogP contribution in [0.25, 0.3) is 0 Å². The minimum atomic E-state index is 0.00783. The van der Waals surface area contributed by atoms with Crippen LogP contribution in [0.3, 0.4) is 0 Å². The predicted molar refractivity (Wildman–Crippen MR) is 70.1 cm³/mol. The van der Waals surface area contributed by atoms with Crippen LogP contribution >= 0.6 is 0 Å². The highest BCUT2D eigenvalue weighted by Crippen LogP contribution is 2.18. The normalized spacial score (nSPS) is 14.2. The molecule has 3 heteroatoms. The van der Waals surface area contributed by atoms with E-state index < -0.39 is 0 Å². The van der Waals surface area contributed by atoms with E-state index in [-0.39, 0.29) is 5.91 Å². The second kappa shape index (κ2) is 4.72. The van der Waals surface area contributed by atoms with Crippen LogP contribution in [0.4, 0.5) is 5.69 Å². The standard InChI is InChI=1S/C14H18N2O/c1-9-4-5-13(10(2)6-9)16-14(17)11(3)12-7-15-8-12/h4-6,15H,7-8H2,1-3H3,(H,16,17). The van der Waals surface area contributed by atoms with Gasteiger partial charge in [-0.2, -0.15) is 0 Å². The summed E-state index contributed by atoms with van der Waals surface area (Å²) >= 11 is 0. The summed E-state index contributed by atoms with van der Waals surface area (Å²) in [6, 6.07) is 6.04. The van der Waals surface area contributed by atoms with E-state index >= 15 is 0 Å². The highest BCUT2D eigenvalue weighted by atomic mass is 16.1. The highest BCUT2D eigenvalue weighted by Gasteiger charge is 2.16. The van der Waals surface area contributed by atoms with Gasteiger partial charge in [-0.1, -0.05) is 17.7 Å². The Morgan fingerprint density at radius 1 is 1.29 bits per heavy atom. The fourth-order valence-electron chi connectivity index (χ4n) is 1.85. The summed E-state index contributed by atoms with van der Waals surface area (Å²) in [5.74, 6) is 0.00783. The number of aryl methyl sites for hydroxylation is 2. The van der Waals surface area contributed by atoms with Crippen molar-refractivity contribution < 1.29 is 4.79 Å². The maximum Gasteiger partial charge on any atom is 0.251 e. The third-order valence-corrected chi connectivity index (χ3v) is 3.18. The summed E-state index contributed by atoms with van der Waals surface area (Å²) in [5.41, 5.74) is 5.24. The molecule has 1 heterocycles. The summed E-state index contributed by atoms with van der Waals surface area (Å²) in [6.07, 6.45) is 0. The van der Waals surface area contributed by atoms with Gasteiger partial charge in [-0.05, 0) is 38.0 Å². The first-order valence-electron chi connectivity index (χ1n) is 5.86. The summed E-state index contributed by atoms with van der Waals surface area (Å²) < 4.78 is 0. The van der Waals surface area contributed by atoms with Crippen molar-refractivity contribution >= 4 is 11.6 Å². The molecule has 2 rings (SSSR count). The van der Waals surface area contributed by atoms with E-state index in [1.54, 1.807) is 0 Å². The molecule has 0 aliphatic carbocycles. The number of carbonyl (C=O) groups is 1. The predicted octanol–water partition coefficient (Wildman–Crippen LogP) is 2.16. The van der Waals surface area contributed by atoms with Gasteiger partial charge >= 0.3 is 0 Å². The molecule has 90 valence electrons. The second-order valence-corrected chi connectivity index (χ2v) is 4.60. The maximum absolute atomic E-state index is 12.0. The average Bonchev–Trinajstić information content (AvgIpc) is 2.19. The summed E-state index contributed by atoms with van der Waals surface area (Å²) in [4.78, 5) is 12.0. The lowest BCUT2D eigenvalue weighted by Crippen LogP contribution is -2.36. The Morgan fingerprint density at radius 2 is 2.00 bits per heavy atom. The van der Waals surface area contributed by atoms with Crippen LogP contribution in [-0.2, 0) is 4.79 Å². The van der Waals surface area contributed by atoms with Crippen LogP contribution in [0, 0.1) is 13.8 Å². The highest BCUT2D eigenvalue weighted by molar-refractivity contribution is 6.04. The smallest absolute Gasteiger partial charge is 0.251 e. The average molecular weight is 230 g/mol. The SMILES string of the molecule is CC(C(=O)Nc1ccc(C)cc1C)=C1CNC1. The van der Waals surface area contributed by atoms with E-state index in [0.29, 0.717) is 0 Å². The van der Waals surface area contributed by atoms with Gasteiger partial charge in [-0.15, -0.1) is 0 Å². The number of amides is 1. The van der Waals surface area contributed by atoms with E-state index in [0.717, 1.165) is 29.9 Å². The van der Waals surface area contributed by atoms with Crippen molar-refractivity contribution in [3.8, 4) is 0 Å². The van der Waals surface area contributed by atoms with Crippen molar-refractivity contribution in [3.63, 3.8) is 0 Å². The fourth-order valence-corrected chi connectivity index (χ4v) is 1.85. The van der Waals surface area contributed by atoms with E-state index in [1.807, 2.05) is 32.9 Å². The first-order chi connectivity index (χ1) is 8.08. The molecule has 0 spiro atoms. The molecule has 1 aromatic carbocycles. The molecule has 0 saturated carbocycles. The summed E-state index contributed by atoms with van der Waals surface area (Å²) in [7, 11) is 0.